The average molecular weight is 323 g/mol. The highest BCUT2D eigenvalue weighted by Crippen LogP contribution is 2.25. The lowest BCUT2D eigenvalue weighted by atomic mass is 10.1. The predicted octanol–water partition coefficient (Wildman–Crippen LogP) is 2.58. The molecule has 0 aliphatic carbocycles. The molecule has 0 bridgehead atoms. The van der Waals surface area contributed by atoms with Crippen LogP contribution in [-0.2, 0) is 6.54 Å². The fourth-order valence-corrected chi connectivity index (χ4v) is 3.71. The quantitative estimate of drug-likeness (QED) is 0.857. The zero-order valence-corrected chi connectivity index (χ0v) is 14.8. The predicted molar refractivity (Wildman–Crippen MR) is 91.6 cm³/mol. The van der Waals surface area contributed by atoms with E-state index >= 15 is 0 Å². The molecule has 0 aliphatic heterocycles. The van der Waals surface area contributed by atoms with Crippen LogP contribution in [0.25, 0.3) is 10.2 Å². The number of H-pyrrole nitrogens is 1. The number of hydrogen-bond acceptors (Lipinski definition) is 5. The maximum absolute atomic E-state index is 12.3. The van der Waals surface area contributed by atoms with Crippen molar-refractivity contribution in [3.8, 4) is 0 Å². The number of aromatic amines is 1. The lowest BCUT2D eigenvalue weighted by Gasteiger charge is -2.28. The van der Waals surface area contributed by atoms with Crippen LogP contribution in [0.5, 0.6) is 0 Å². The molecule has 6 heteroatoms. The van der Waals surface area contributed by atoms with Crippen molar-refractivity contribution in [3.05, 3.63) is 26.6 Å². The molecule has 2 aromatic rings. The van der Waals surface area contributed by atoms with E-state index in [9.17, 15) is 9.90 Å². The third-order valence-electron chi connectivity index (χ3n) is 3.61. The van der Waals surface area contributed by atoms with E-state index in [-0.39, 0.29) is 5.56 Å². The molecule has 0 aromatic carbocycles. The Morgan fingerprint density at radius 3 is 2.64 bits per heavy atom. The van der Waals surface area contributed by atoms with Crippen molar-refractivity contribution in [2.75, 3.05) is 13.1 Å². The Morgan fingerprint density at radius 1 is 1.36 bits per heavy atom. The molecule has 2 rings (SSSR count). The van der Waals surface area contributed by atoms with E-state index in [1.807, 2.05) is 13.8 Å². The van der Waals surface area contributed by atoms with Gasteiger partial charge in [0.05, 0.1) is 17.5 Å². The second-order valence-corrected chi connectivity index (χ2v) is 7.70. The Balaban J connectivity index is 2.32. The Labute approximate surface area is 135 Å². The largest absolute Gasteiger partial charge is 0.389 e. The third kappa shape index (κ3) is 3.94. The minimum absolute atomic E-state index is 0.0680. The summed E-state index contributed by atoms with van der Waals surface area (Å²) in [6.07, 6.45) is 0.986. The molecule has 2 N–H and O–H groups in total. The first-order valence-electron chi connectivity index (χ1n) is 7.65. The van der Waals surface area contributed by atoms with Gasteiger partial charge in [-0.15, -0.1) is 11.3 Å². The lowest BCUT2D eigenvalue weighted by Crippen LogP contribution is -2.39. The molecule has 5 nitrogen and oxygen atoms in total. The molecule has 0 atom stereocenters. The highest BCUT2D eigenvalue weighted by Gasteiger charge is 2.19. The molecule has 0 unspecified atom stereocenters. The number of rotatable bonds is 6. The van der Waals surface area contributed by atoms with Gasteiger partial charge < -0.3 is 10.1 Å². The summed E-state index contributed by atoms with van der Waals surface area (Å²) in [5, 5.41) is 10.7. The molecule has 0 saturated heterocycles. The molecular formula is C16H25N3O2S. The summed E-state index contributed by atoms with van der Waals surface area (Å²) in [5.74, 6) is 0.663. The molecule has 0 aliphatic rings. The summed E-state index contributed by atoms with van der Waals surface area (Å²) in [6.45, 7) is 11.6. The van der Waals surface area contributed by atoms with Crippen molar-refractivity contribution in [2.24, 2.45) is 0 Å². The highest BCUT2D eigenvalue weighted by molar-refractivity contribution is 7.18. The smallest absolute Gasteiger partial charge is 0.259 e. The van der Waals surface area contributed by atoms with Gasteiger partial charge in [0.25, 0.3) is 5.56 Å². The van der Waals surface area contributed by atoms with Crippen LogP contribution < -0.4 is 5.56 Å². The average Bonchev–Trinajstić information content (AvgIpc) is 2.63. The molecule has 22 heavy (non-hydrogen) atoms. The minimum atomic E-state index is -0.768. The Bertz CT molecular complexity index is 712. The Morgan fingerprint density at radius 2 is 2.05 bits per heavy atom. The van der Waals surface area contributed by atoms with Crippen LogP contribution in [0.3, 0.4) is 0 Å². The summed E-state index contributed by atoms with van der Waals surface area (Å²) in [5.41, 5.74) is 0.180. The van der Waals surface area contributed by atoms with Gasteiger partial charge in [0, 0.05) is 11.4 Å². The second kappa shape index (κ2) is 6.48. The van der Waals surface area contributed by atoms with Gasteiger partial charge in [-0.05, 0) is 46.2 Å². The van der Waals surface area contributed by atoms with Crippen LogP contribution >= 0.6 is 11.3 Å². The molecule has 0 radical (unpaired) electrons. The minimum Gasteiger partial charge on any atom is -0.389 e. The number of fused-ring (bicyclic) bond motifs is 1. The van der Waals surface area contributed by atoms with E-state index in [1.165, 1.54) is 0 Å². The number of hydrogen-bond donors (Lipinski definition) is 2. The van der Waals surface area contributed by atoms with Crippen molar-refractivity contribution in [2.45, 2.75) is 53.2 Å². The summed E-state index contributed by atoms with van der Waals surface area (Å²) in [4.78, 5) is 23.9. The van der Waals surface area contributed by atoms with E-state index in [1.54, 1.807) is 25.2 Å². The molecule has 0 fully saturated rings. The SMILES string of the molecule is CCCN(Cc1nc2sc(C)c(C)c2c(=O)[nH]1)CC(C)(C)O. The van der Waals surface area contributed by atoms with Crippen molar-refractivity contribution < 1.29 is 5.11 Å². The third-order valence-corrected chi connectivity index (χ3v) is 4.71. The van der Waals surface area contributed by atoms with E-state index in [0.29, 0.717) is 24.3 Å². The van der Waals surface area contributed by atoms with Crippen molar-refractivity contribution in [3.63, 3.8) is 0 Å². The normalized spacial score (nSPS) is 12.5. The topological polar surface area (TPSA) is 69.2 Å². The maximum atomic E-state index is 12.3. The van der Waals surface area contributed by atoms with Gasteiger partial charge in [0.15, 0.2) is 0 Å². The monoisotopic (exact) mass is 323 g/mol. The Kier molecular flexibility index (Phi) is 5.04. The lowest BCUT2D eigenvalue weighted by molar-refractivity contribution is 0.0327. The first-order chi connectivity index (χ1) is 10.2. The van der Waals surface area contributed by atoms with E-state index in [0.717, 1.165) is 28.2 Å². The zero-order chi connectivity index (χ0) is 16.5. The molecular weight excluding hydrogens is 298 g/mol. The van der Waals surface area contributed by atoms with Crippen molar-refractivity contribution >= 4 is 21.6 Å². The van der Waals surface area contributed by atoms with Gasteiger partial charge in [-0.2, -0.15) is 0 Å². The Hall–Kier alpha value is -1.24. The second-order valence-electron chi connectivity index (χ2n) is 6.50. The number of aliphatic hydroxyl groups is 1. The first kappa shape index (κ1) is 17.1. The van der Waals surface area contributed by atoms with Crippen LogP contribution in [0.1, 0.15) is 43.5 Å². The highest BCUT2D eigenvalue weighted by atomic mass is 32.1. The summed E-state index contributed by atoms with van der Waals surface area (Å²) >= 11 is 1.56. The van der Waals surface area contributed by atoms with Gasteiger partial charge >= 0.3 is 0 Å². The van der Waals surface area contributed by atoms with Crippen LogP contribution in [-0.4, -0.2) is 38.7 Å². The number of thiophene rings is 1. The first-order valence-corrected chi connectivity index (χ1v) is 8.46. The summed E-state index contributed by atoms with van der Waals surface area (Å²) < 4.78 is 0. The number of nitrogens with one attached hydrogen (secondary N) is 1. The van der Waals surface area contributed by atoms with Crippen molar-refractivity contribution in [1.82, 2.24) is 14.9 Å². The van der Waals surface area contributed by atoms with Gasteiger partial charge in [-0.25, -0.2) is 4.98 Å². The van der Waals surface area contributed by atoms with Crippen LogP contribution in [0.15, 0.2) is 4.79 Å². The number of aromatic nitrogens is 2. The number of nitrogens with zero attached hydrogens (tertiary/aromatic N) is 2. The summed E-state index contributed by atoms with van der Waals surface area (Å²) in [6, 6.07) is 0. The van der Waals surface area contributed by atoms with Gasteiger partial charge in [-0.1, -0.05) is 6.92 Å². The van der Waals surface area contributed by atoms with Gasteiger partial charge in [0.2, 0.25) is 0 Å². The maximum Gasteiger partial charge on any atom is 0.259 e. The fourth-order valence-electron chi connectivity index (χ4n) is 2.66. The van der Waals surface area contributed by atoms with Gasteiger partial charge in [0.1, 0.15) is 10.7 Å². The summed E-state index contributed by atoms with van der Waals surface area (Å²) in [7, 11) is 0. The molecule has 122 valence electrons. The van der Waals surface area contributed by atoms with E-state index < -0.39 is 5.60 Å². The van der Waals surface area contributed by atoms with E-state index in [2.05, 4.69) is 21.8 Å². The van der Waals surface area contributed by atoms with Gasteiger partial charge in [-0.3, -0.25) is 9.69 Å². The molecule has 2 aromatic heterocycles. The zero-order valence-electron chi connectivity index (χ0n) is 14.0. The molecule has 0 spiro atoms. The van der Waals surface area contributed by atoms with Crippen LogP contribution in [0.4, 0.5) is 0 Å². The molecule has 0 saturated carbocycles. The standard InChI is InChI=1S/C16H25N3O2S/c1-6-7-19(9-16(4,5)21)8-12-17-14(20)13-10(2)11(3)22-15(13)18-12/h21H,6-9H2,1-5H3,(H,17,18,20). The van der Waals surface area contributed by atoms with E-state index in [4.69, 9.17) is 0 Å². The van der Waals surface area contributed by atoms with Crippen LogP contribution in [0, 0.1) is 13.8 Å². The van der Waals surface area contributed by atoms with Crippen LogP contribution in [0.2, 0.25) is 0 Å². The fraction of sp³-hybridized carbons (Fsp3) is 0.625. The molecule has 0 amide bonds. The van der Waals surface area contributed by atoms with Crippen molar-refractivity contribution in [1.29, 1.82) is 0 Å². The number of aryl methyl sites for hydroxylation is 2. The molecule has 2 heterocycles.